The minimum Gasteiger partial charge on any atom is -0.483 e. The second-order valence-corrected chi connectivity index (χ2v) is 9.69. The van der Waals surface area contributed by atoms with Crippen LogP contribution in [0.4, 0.5) is 27.4 Å². The predicted octanol–water partition coefficient (Wildman–Crippen LogP) is 3.34. The second kappa shape index (κ2) is 9.96. The molecule has 5 rings (SSSR count). The van der Waals surface area contributed by atoms with E-state index in [2.05, 4.69) is 20.4 Å². The Balaban J connectivity index is 0.00000107. The minimum atomic E-state index is -0.536. The summed E-state index contributed by atoms with van der Waals surface area (Å²) in [6, 6.07) is 5.43. The molecule has 1 amide bonds. The van der Waals surface area contributed by atoms with Crippen LogP contribution in [0.5, 0.6) is 0 Å². The number of benzene rings is 1. The molecule has 0 bridgehead atoms. The fourth-order valence-electron chi connectivity index (χ4n) is 4.44. The lowest BCUT2D eigenvalue weighted by Crippen LogP contribution is -2.45. The number of hydrogen-bond acceptors (Lipinski definition) is 8. The van der Waals surface area contributed by atoms with E-state index in [9.17, 15) is 4.79 Å². The molecule has 0 atom stereocenters. The van der Waals surface area contributed by atoms with Crippen LogP contribution in [0, 0.1) is 12.7 Å². The first-order valence-electron chi connectivity index (χ1n) is 11.7. The molecule has 6 N–H and O–H groups in total. The van der Waals surface area contributed by atoms with Gasteiger partial charge in [0.05, 0.1) is 17.6 Å². The van der Waals surface area contributed by atoms with Gasteiger partial charge in [0, 0.05) is 59.7 Å². The van der Waals surface area contributed by atoms with Crippen LogP contribution in [0.1, 0.15) is 25.1 Å². The van der Waals surface area contributed by atoms with Gasteiger partial charge in [0.15, 0.2) is 11.6 Å². The number of fused-ring (bicyclic) bond motifs is 2. The number of nitrogens with one attached hydrogen (secondary N) is 1. The molecule has 1 aliphatic heterocycles. The Kier molecular flexibility index (Phi) is 6.90. The molecule has 38 heavy (non-hydrogen) atoms. The summed E-state index contributed by atoms with van der Waals surface area (Å²) in [5.74, 6) is 0.563. The normalized spacial score (nSPS) is 14.3. The maximum atomic E-state index is 15.2. The van der Waals surface area contributed by atoms with Crippen LogP contribution in [0.15, 0.2) is 36.8 Å². The van der Waals surface area contributed by atoms with E-state index in [4.69, 9.17) is 21.4 Å². The van der Waals surface area contributed by atoms with Gasteiger partial charge in [-0.05, 0) is 43.9 Å². The van der Waals surface area contributed by atoms with E-state index >= 15 is 4.39 Å². The topological polar surface area (TPSA) is 165 Å². The van der Waals surface area contributed by atoms with E-state index in [0.29, 0.717) is 45.6 Å². The number of pyridine rings is 2. The fraction of sp³-hybridized carbons (Fsp3) is 0.269. The monoisotopic (exact) mass is 520 g/mol. The van der Waals surface area contributed by atoms with Gasteiger partial charge < -0.3 is 26.8 Å². The molecular formula is C26H29FN8O3. The molecule has 1 aromatic carbocycles. The van der Waals surface area contributed by atoms with Crippen LogP contribution in [0.3, 0.4) is 0 Å². The standard InChI is InChI=1S/C25H27FN8O.CH2O2/c1-13-17(9-29-11-19(13)27)16-5-14-6-20(30-10-18(14)24(28)23(16)26)31-21-7-15-8-25(2,3)33(4)22(35)12-34(15)32-21;2-1-3/h5-7,9-11H,8,12,27-28H2,1-4H3,(H,30,31,32);1H,(H,2,3). The molecule has 0 aliphatic carbocycles. The lowest BCUT2D eigenvalue weighted by atomic mass is 9.97. The third-order valence-electron chi connectivity index (χ3n) is 6.84. The van der Waals surface area contributed by atoms with E-state index < -0.39 is 5.82 Å². The van der Waals surface area contributed by atoms with Crippen molar-refractivity contribution in [2.45, 2.75) is 39.3 Å². The summed E-state index contributed by atoms with van der Waals surface area (Å²) >= 11 is 0. The number of rotatable bonds is 3. The number of likely N-dealkylation sites (N-methyl/N-ethyl adjacent to an activating group) is 1. The number of carbonyl (C=O) groups is 2. The average Bonchev–Trinajstić information content (AvgIpc) is 3.19. The van der Waals surface area contributed by atoms with Crippen molar-refractivity contribution < 1.29 is 19.1 Å². The number of nitrogen functional groups attached to an aromatic ring is 2. The lowest BCUT2D eigenvalue weighted by molar-refractivity contribution is -0.134. The maximum absolute atomic E-state index is 15.2. The molecule has 0 spiro atoms. The van der Waals surface area contributed by atoms with E-state index in [1.165, 1.54) is 12.4 Å². The molecule has 0 unspecified atom stereocenters. The second-order valence-electron chi connectivity index (χ2n) is 9.69. The van der Waals surface area contributed by atoms with E-state index in [1.54, 1.807) is 27.9 Å². The van der Waals surface area contributed by atoms with Gasteiger partial charge in [-0.1, -0.05) is 0 Å². The van der Waals surface area contributed by atoms with Crippen molar-refractivity contribution >= 4 is 46.2 Å². The van der Waals surface area contributed by atoms with Gasteiger partial charge in [0.25, 0.3) is 6.47 Å². The summed E-state index contributed by atoms with van der Waals surface area (Å²) in [4.78, 5) is 31.2. The highest BCUT2D eigenvalue weighted by Gasteiger charge is 2.33. The van der Waals surface area contributed by atoms with Crippen molar-refractivity contribution in [3.05, 3.63) is 53.9 Å². The number of aromatic nitrogens is 4. The summed E-state index contributed by atoms with van der Waals surface area (Å²) in [6.07, 6.45) is 5.31. The highest BCUT2D eigenvalue weighted by atomic mass is 19.1. The quantitative estimate of drug-likeness (QED) is 0.234. The summed E-state index contributed by atoms with van der Waals surface area (Å²) in [5, 5.41) is 15.9. The van der Waals surface area contributed by atoms with Crippen LogP contribution in [-0.4, -0.2) is 54.7 Å². The Labute approximate surface area is 218 Å². The number of hydrogen-bond donors (Lipinski definition) is 4. The van der Waals surface area contributed by atoms with Crippen molar-refractivity contribution in [1.29, 1.82) is 0 Å². The number of halogens is 1. The third kappa shape index (κ3) is 4.80. The Hall–Kier alpha value is -4.74. The molecule has 3 aromatic heterocycles. The zero-order valence-corrected chi connectivity index (χ0v) is 21.5. The van der Waals surface area contributed by atoms with Crippen molar-refractivity contribution in [2.24, 2.45) is 0 Å². The summed E-state index contributed by atoms with van der Waals surface area (Å²) < 4.78 is 16.9. The Morgan fingerprint density at radius 2 is 1.84 bits per heavy atom. The highest BCUT2D eigenvalue weighted by molar-refractivity contribution is 5.98. The fourth-order valence-corrected chi connectivity index (χ4v) is 4.44. The zero-order valence-electron chi connectivity index (χ0n) is 21.5. The number of carboxylic acid groups (broad SMARTS) is 1. The Morgan fingerprint density at radius 1 is 1.13 bits per heavy atom. The number of nitrogens with zero attached hydrogens (tertiary/aromatic N) is 5. The van der Waals surface area contributed by atoms with Crippen LogP contribution >= 0.6 is 0 Å². The van der Waals surface area contributed by atoms with Crippen LogP contribution < -0.4 is 16.8 Å². The van der Waals surface area contributed by atoms with E-state index in [1.807, 2.05) is 33.9 Å². The smallest absolute Gasteiger partial charge is 0.290 e. The SMILES string of the molecule is Cc1c(N)cncc1-c1cc2cc(Nc3cc4n(n3)CC(=O)N(C)C(C)(C)C4)ncc2c(N)c1F.O=CO. The lowest BCUT2D eigenvalue weighted by Gasteiger charge is -2.33. The molecule has 4 heterocycles. The minimum absolute atomic E-state index is 0.00333. The van der Waals surface area contributed by atoms with Crippen molar-refractivity contribution in [3.63, 3.8) is 0 Å². The van der Waals surface area contributed by atoms with Crippen molar-refractivity contribution in [3.8, 4) is 11.1 Å². The summed E-state index contributed by atoms with van der Waals surface area (Å²) in [6.45, 7) is 5.81. The Bertz CT molecular complexity index is 1550. The van der Waals surface area contributed by atoms with E-state index in [0.717, 1.165) is 11.3 Å². The van der Waals surface area contributed by atoms with E-state index in [-0.39, 0.29) is 30.2 Å². The average molecular weight is 521 g/mol. The molecule has 0 radical (unpaired) electrons. The molecular weight excluding hydrogens is 491 g/mol. The van der Waals surface area contributed by atoms with Crippen molar-refractivity contribution in [2.75, 3.05) is 23.8 Å². The molecule has 4 aromatic rings. The van der Waals surface area contributed by atoms with Crippen molar-refractivity contribution in [1.82, 2.24) is 24.6 Å². The first-order valence-corrected chi connectivity index (χ1v) is 11.7. The molecule has 198 valence electrons. The number of nitrogens with two attached hydrogens (primary N) is 2. The molecule has 0 saturated heterocycles. The first-order chi connectivity index (χ1) is 18.0. The van der Waals surface area contributed by atoms with Gasteiger partial charge >= 0.3 is 0 Å². The molecule has 0 fully saturated rings. The molecule has 11 nitrogen and oxygen atoms in total. The van der Waals surface area contributed by atoms with Gasteiger partial charge in [-0.15, -0.1) is 0 Å². The Morgan fingerprint density at radius 3 is 2.55 bits per heavy atom. The van der Waals surface area contributed by atoms with Gasteiger partial charge in [-0.3, -0.25) is 19.3 Å². The van der Waals surface area contributed by atoms with Crippen LogP contribution in [-0.2, 0) is 22.6 Å². The molecule has 0 saturated carbocycles. The predicted molar refractivity (Wildman–Crippen MR) is 143 cm³/mol. The van der Waals surface area contributed by atoms with Crippen LogP contribution in [0.2, 0.25) is 0 Å². The third-order valence-corrected chi connectivity index (χ3v) is 6.84. The molecule has 1 aliphatic rings. The van der Waals surface area contributed by atoms with Crippen LogP contribution in [0.25, 0.3) is 21.9 Å². The summed E-state index contributed by atoms with van der Waals surface area (Å²) in [5.41, 5.74) is 14.9. The summed E-state index contributed by atoms with van der Waals surface area (Å²) in [7, 11) is 1.82. The van der Waals surface area contributed by atoms with Gasteiger partial charge in [-0.2, -0.15) is 5.10 Å². The van der Waals surface area contributed by atoms with Gasteiger partial charge in [0.2, 0.25) is 5.91 Å². The molecule has 12 heteroatoms. The van der Waals surface area contributed by atoms with Gasteiger partial charge in [-0.25, -0.2) is 9.37 Å². The number of anilines is 4. The maximum Gasteiger partial charge on any atom is 0.290 e. The number of carbonyl (C=O) groups excluding carboxylic acids is 1. The highest BCUT2D eigenvalue weighted by Crippen LogP contribution is 2.36. The van der Waals surface area contributed by atoms with Gasteiger partial charge in [0.1, 0.15) is 12.4 Å². The number of amides is 1. The zero-order chi connectivity index (χ0) is 27.8. The largest absolute Gasteiger partial charge is 0.483 e. The first kappa shape index (κ1) is 26.3.